The standard InChI is InChI=1S/C21H15N5/c1-2-17-20(23-8-1)13-19(15-5-9-22-10-6-15)26-21(17)25-16-4-3-14-7-11-24-18(14)12-16/h1-13,24H,(H,25,26). The van der Waals surface area contributed by atoms with Gasteiger partial charge in [0.15, 0.2) is 0 Å². The molecule has 0 amide bonds. The van der Waals surface area contributed by atoms with Crippen LogP contribution in [0.2, 0.25) is 0 Å². The third kappa shape index (κ3) is 2.56. The fraction of sp³-hybridized carbons (Fsp3) is 0. The molecular formula is C21H15N5. The Bertz CT molecular complexity index is 1210. The molecule has 0 fully saturated rings. The highest BCUT2D eigenvalue weighted by Crippen LogP contribution is 2.29. The minimum atomic E-state index is 0.785. The van der Waals surface area contributed by atoms with E-state index in [4.69, 9.17) is 4.98 Å². The molecule has 0 aliphatic rings. The monoisotopic (exact) mass is 337 g/mol. The highest BCUT2D eigenvalue weighted by Gasteiger charge is 2.09. The average molecular weight is 337 g/mol. The van der Waals surface area contributed by atoms with E-state index >= 15 is 0 Å². The number of aromatic nitrogens is 4. The van der Waals surface area contributed by atoms with Crippen LogP contribution in [0.25, 0.3) is 33.1 Å². The van der Waals surface area contributed by atoms with Gasteiger partial charge in [0.2, 0.25) is 0 Å². The van der Waals surface area contributed by atoms with Crippen molar-refractivity contribution in [3.63, 3.8) is 0 Å². The number of fused-ring (bicyclic) bond motifs is 2. The van der Waals surface area contributed by atoms with E-state index in [1.807, 2.05) is 36.5 Å². The van der Waals surface area contributed by atoms with Crippen molar-refractivity contribution in [1.29, 1.82) is 0 Å². The number of aromatic amines is 1. The highest BCUT2D eigenvalue weighted by atomic mass is 15.0. The lowest BCUT2D eigenvalue weighted by Gasteiger charge is -2.11. The smallest absolute Gasteiger partial charge is 0.140 e. The summed E-state index contributed by atoms with van der Waals surface area (Å²) < 4.78 is 0. The molecule has 1 aromatic carbocycles. The Kier molecular flexibility index (Phi) is 3.35. The number of H-pyrrole nitrogens is 1. The molecule has 5 heteroatoms. The summed E-state index contributed by atoms with van der Waals surface area (Å²) in [5.41, 5.74) is 4.84. The second-order valence-electron chi connectivity index (χ2n) is 6.07. The Morgan fingerprint density at radius 3 is 2.73 bits per heavy atom. The third-order valence-electron chi connectivity index (χ3n) is 4.39. The van der Waals surface area contributed by atoms with Crippen molar-refractivity contribution in [2.75, 3.05) is 5.32 Å². The minimum absolute atomic E-state index is 0.785. The molecule has 0 saturated carbocycles. The normalized spacial score (nSPS) is 11.1. The maximum atomic E-state index is 4.85. The van der Waals surface area contributed by atoms with Crippen molar-refractivity contribution in [2.45, 2.75) is 0 Å². The summed E-state index contributed by atoms with van der Waals surface area (Å²) in [7, 11) is 0. The summed E-state index contributed by atoms with van der Waals surface area (Å²) in [4.78, 5) is 16.7. The van der Waals surface area contributed by atoms with Gasteiger partial charge in [-0.1, -0.05) is 6.07 Å². The number of benzene rings is 1. The molecule has 2 N–H and O–H groups in total. The quantitative estimate of drug-likeness (QED) is 0.490. The van der Waals surface area contributed by atoms with Crippen LogP contribution in [-0.4, -0.2) is 19.9 Å². The molecule has 0 unspecified atom stereocenters. The van der Waals surface area contributed by atoms with Crippen molar-refractivity contribution in [2.24, 2.45) is 0 Å². The van der Waals surface area contributed by atoms with Crippen LogP contribution in [0.4, 0.5) is 11.5 Å². The molecule has 0 atom stereocenters. The number of hydrogen-bond acceptors (Lipinski definition) is 4. The van der Waals surface area contributed by atoms with Crippen molar-refractivity contribution < 1.29 is 0 Å². The lowest BCUT2D eigenvalue weighted by Crippen LogP contribution is -1.97. The van der Waals surface area contributed by atoms with Crippen LogP contribution in [0, 0.1) is 0 Å². The number of hydrogen-bond donors (Lipinski definition) is 2. The molecule has 5 aromatic rings. The van der Waals surface area contributed by atoms with Gasteiger partial charge in [0, 0.05) is 46.9 Å². The maximum Gasteiger partial charge on any atom is 0.140 e. The predicted octanol–water partition coefficient (Wildman–Crippen LogP) is 4.92. The van der Waals surface area contributed by atoms with E-state index in [1.54, 1.807) is 18.6 Å². The van der Waals surface area contributed by atoms with Crippen LogP contribution >= 0.6 is 0 Å². The summed E-state index contributed by atoms with van der Waals surface area (Å²) >= 11 is 0. The molecule has 5 rings (SSSR count). The summed E-state index contributed by atoms with van der Waals surface area (Å²) in [6.07, 6.45) is 7.28. The number of pyridine rings is 3. The average Bonchev–Trinajstić information content (AvgIpc) is 3.16. The van der Waals surface area contributed by atoms with E-state index < -0.39 is 0 Å². The second kappa shape index (κ2) is 5.97. The molecule has 4 aromatic heterocycles. The summed E-state index contributed by atoms with van der Waals surface area (Å²) in [5, 5.41) is 5.62. The number of nitrogens with one attached hydrogen (secondary N) is 2. The molecule has 0 saturated heterocycles. The zero-order chi connectivity index (χ0) is 17.3. The predicted molar refractivity (Wildman–Crippen MR) is 104 cm³/mol. The van der Waals surface area contributed by atoms with E-state index in [9.17, 15) is 0 Å². The first kappa shape index (κ1) is 14.6. The van der Waals surface area contributed by atoms with E-state index in [0.717, 1.165) is 39.2 Å². The summed E-state index contributed by atoms with van der Waals surface area (Å²) in [5.74, 6) is 0.785. The van der Waals surface area contributed by atoms with Crippen molar-refractivity contribution in [3.05, 3.63) is 79.4 Å². The van der Waals surface area contributed by atoms with Crippen LogP contribution in [0.5, 0.6) is 0 Å². The van der Waals surface area contributed by atoms with Gasteiger partial charge < -0.3 is 10.3 Å². The van der Waals surface area contributed by atoms with Gasteiger partial charge in [-0.3, -0.25) is 9.97 Å². The fourth-order valence-corrected chi connectivity index (χ4v) is 3.10. The Hall–Kier alpha value is -3.73. The number of anilines is 2. The minimum Gasteiger partial charge on any atom is -0.361 e. The molecule has 0 spiro atoms. The molecule has 0 aliphatic carbocycles. The van der Waals surface area contributed by atoms with Crippen molar-refractivity contribution in [3.8, 4) is 11.3 Å². The van der Waals surface area contributed by atoms with Crippen molar-refractivity contribution >= 4 is 33.3 Å². The van der Waals surface area contributed by atoms with Crippen LogP contribution in [0.1, 0.15) is 0 Å². The lowest BCUT2D eigenvalue weighted by atomic mass is 10.1. The molecule has 124 valence electrons. The van der Waals surface area contributed by atoms with E-state index in [1.165, 1.54) is 5.39 Å². The van der Waals surface area contributed by atoms with E-state index in [-0.39, 0.29) is 0 Å². The first-order valence-corrected chi connectivity index (χ1v) is 8.37. The lowest BCUT2D eigenvalue weighted by molar-refractivity contribution is 1.28. The molecule has 5 nitrogen and oxygen atoms in total. The van der Waals surface area contributed by atoms with Gasteiger partial charge in [0.25, 0.3) is 0 Å². The zero-order valence-corrected chi connectivity index (χ0v) is 13.8. The largest absolute Gasteiger partial charge is 0.361 e. The molecule has 26 heavy (non-hydrogen) atoms. The van der Waals surface area contributed by atoms with Gasteiger partial charge in [-0.15, -0.1) is 0 Å². The molecule has 0 radical (unpaired) electrons. The Balaban J connectivity index is 1.65. The number of nitrogens with zero attached hydrogens (tertiary/aromatic N) is 3. The summed E-state index contributed by atoms with van der Waals surface area (Å²) in [6, 6.07) is 18.1. The summed E-state index contributed by atoms with van der Waals surface area (Å²) in [6.45, 7) is 0. The maximum absolute atomic E-state index is 4.85. The van der Waals surface area contributed by atoms with Gasteiger partial charge in [-0.2, -0.15) is 0 Å². The molecule has 4 heterocycles. The van der Waals surface area contributed by atoms with E-state index in [0.29, 0.717) is 0 Å². The topological polar surface area (TPSA) is 66.5 Å². The van der Waals surface area contributed by atoms with Gasteiger partial charge in [-0.05, 0) is 53.9 Å². The van der Waals surface area contributed by atoms with Gasteiger partial charge in [0.05, 0.1) is 11.2 Å². The fourth-order valence-electron chi connectivity index (χ4n) is 3.10. The Morgan fingerprint density at radius 2 is 1.81 bits per heavy atom. The molecule has 0 aliphatic heterocycles. The second-order valence-corrected chi connectivity index (χ2v) is 6.07. The first-order chi connectivity index (χ1) is 12.9. The zero-order valence-electron chi connectivity index (χ0n) is 13.8. The van der Waals surface area contributed by atoms with Gasteiger partial charge in [-0.25, -0.2) is 4.98 Å². The SMILES string of the molecule is c1cnc2cc(-c3ccncc3)nc(Nc3ccc4cc[nH]c4c3)c2c1. The third-order valence-corrected chi connectivity index (χ3v) is 4.39. The molecular weight excluding hydrogens is 322 g/mol. The van der Waals surface area contributed by atoms with Crippen LogP contribution in [-0.2, 0) is 0 Å². The molecule has 0 bridgehead atoms. The van der Waals surface area contributed by atoms with Crippen molar-refractivity contribution in [1.82, 2.24) is 19.9 Å². The highest BCUT2D eigenvalue weighted by molar-refractivity contribution is 5.94. The Morgan fingerprint density at radius 1 is 0.885 bits per heavy atom. The van der Waals surface area contributed by atoms with Crippen LogP contribution in [0.15, 0.2) is 79.4 Å². The van der Waals surface area contributed by atoms with Gasteiger partial charge in [0.1, 0.15) is 5.82 Å². The first-order valence-electron chi connectivity index (χ1n) is 8.37. The van der Waals surface area contributed by atoms with Crippen LogP contribution < -0.4 is 5.32 Å². The van der Waals surface area contributed by atoms with Crippen LogP contribution in [0.3, 0.4) is 0 Å². The van der Waals surface area contributed by atoms with E-state index in [2.05, 4.69) is 44.5 Å². The van der Waals surface area contributed by atoms with Gasteiger partial charge >= 0.3 is 0 Å². The number of rotatable bonds is 3. The Labute approximate surface area is 149 Å².